The third-order valence-electron chi connectivity index (χ3n) is 3.60. The van der Waals surface area contributed by atoms with Gasteiger partial charge >= 0.3 is 0 Å². The van der Waals surface area contributed by atoms with E-state index in [9.17, 15) is 0 Å². The Balaban J connectivity index is 2.00. The summed E-state index contributed by atoms with van der Waals surface area (Å²) in [6.45, 7) is 3.59. The largest absolute Gasteiger partial charge is 0.307 e. The van der Waals surface area contributed by atoms with Crippen molar-refractivity contribution in [3.8, 4) is 11.3 Å². The summed E-state index contributed by atoms with van der Waals surface area (Å²) in [6, 6.07) is 4.21. The quantitative estimate of drug-likeness (QED) is 0.746. The molecule has 0 fully saturated rings. The van der Waals surface area contributed by atoms with Gasteiger partial charge in [0.1, 0.15) is 5.82 Å². The first-order chi connectivity index (χ1) is 9.74. The van der Waals surface area contributed by atoms with Crippen LogP contribution in [0.2, 0.25) is 5.02 Å². The van der Waals surface area contributed by atoms with Crippen LogP contribution in [0, 0.1) is 6.92 Å². The van der Waals surface area contributed by atoms with E-state index in [1.807, 2.05) is 17.6 Å². The first kappa shape index (κ1) is 11.8. The molecule has 0 bridgehead atoms. The molecular weight excluding hydrogens is 274 g/mol. The molecule has 0 aliphatic carbocycles. The van der Waals surface area contributed by atoms with E-state index in [4.69, 9.17) is 11.6 Å². The smallest absolute Gasteiger partial charge is 0.126 e. The molecule has 0 unspecified atom stereocenters. The maximum atomic E-state index is 6.23. The summed E-state index contributed by atoms with van der Waals surface area (Å²) >= 11 is 6.23. The summed E-state index contributed by atoms with van der Waals surface area (Å²) in [5.74, 6) is 0.701. The Kier molecular flexibility index (Phi) is 2.52. The second-order valence-corrected chi connectivity index (χ2v) is 5.29. The van der Waals surface area contributed by atoms with Crippen LogP contribution in [0.25, 0.3) is 16.8 Å². The lowest BCUT2D eigenvalue weighted by Gasteiger charge is -2.05. The van der Waals surface area contributed by atoms with E-state index in [1.54, 1.807) is 6.20 Å². The van der Waals surface area contributed by atoms with Crippen molar-refractivity contribution >= 4 is 17.1 Å². The number of hydrogen-bond acceptors (Lipinski definition) is 4. The fraction of sp³-hybridized carbons (Fsp3) is 0.214. The monoisotopic (exact) mass is 285 g/mol. The van der Waals surface area contributed by atoms with Crippen molar-refractivity contribution in [2.24, 2.45) is 0 Å². The number of hydrogen-bond donors (Lipinski definition) is 1. The van der Waals surface area contributed by atoms with Gasteiger partial charge in [-0.05, 0) is 18.6 Å². The molecule has 0 spiro atoms. The molecule has 0 atom stereocenters. The molecule has 0 aromatic carbocycles. The van der Waals surface area contributed by atoms with E-state index in [2.05, 4.69) is 32.5 Å². The highest BCUT2D eigenvalue weighted by molar-refractivity contribution is 6.33. The van der Waals surface area contributed by atoms with Crippen molar-refractivity contribution in [2.45, 2.75) is 20.0 Å². The van der Waals surface area contributed by atoms with Gasteiger partial charge in [0.2, 0.25) is 0 Å². The number of aryl methyl sites for hydroxylation is 1. The van der Waals surface area contributed by atoms with E-state index in [1.165, 1.54) is 11.3 Å². The van der Waals surface area contributed by atoms with E-state index < -0.39 is 0 Å². The molecule has 0 radical (unpaired) electrons. The summed E-state index contributed by atoms with van der Waals surface area (Å²) in [5, 5.41) is 8.38. The molecule has 1 aliphatic rings. The number of nitrogens with one attached hydrogen (secondary N) is 1. The molecule has 4 heterocycles. The highest BCUT2D eigenvalue weighted by atomic mass is 35.5. The zero-order chi connectivity index (χ0) is 13.7. The van der Waals surface area contributed by atoms with Crippen molar-refractivity contribution in [3.05, 3.63) is 46.6 Å². The zero-order valence-corrected chi connectivity index (χ0v) is 11.6. The number of aromatic nitrogens is 4. The van der Waals surface area contributed by atoms with Crippen molar-refractivity contribution in [1.82, 2.24) is 24.9 Å². The second kappa shape index (κ2) is 4.26. The maximum Gasteiger partial charge on any atom is 0.126 e. The molecule has 3 aromatic heterocycles. The third-order valence-corrected chi connectivity index (χ3v) is 3.88. The Hall–Kier alpha value is -1.98. The van der Waals surface area contributed by atoms with E-state index in [0.717, 1.165) is 29.9 Å². The number of fused-ring (bicyclic) bond motifs is 3. The SMILES string of the molecule is Cc1ncc(Cl)c(-c2cnn3c4c(ccc23)CNC4)n1. The van der Waals surface area contributed by atoms with Crippen LogP contribution in [0.3, 0.4) is 0 Å². The number of nitrogens with zero attached hydrogens (tertiary/aromatic N) is 4. The van der Waals surface area contributed by atoms with Gasteiger partial charge in [0.05, 0.1) is 28.1 Å². The Morgan fingerprint density at radius 1 is 1.25 bits per heavy atom. The zero-order valence-electron chi connectivity index (χ0n) is 10.9. The van der Waals surface area contributed by atoms with Gasteiger partial charge in [-0.25, -0.2) is 14.5 Å². The Bertz CT molecular complexity index is 824. The molecular formula is C14H12ClN5. The normalized spacial score (nSPS) is 13.9. The highest BCUT2D eigenvalue weighted by Gasteiger charge is 2.18. The minimum absolute atomic E-state index is 0.545. The molecule has 1 N–H and O–H groups in total. The van der Waals surface area contributed by atoms with Gasteiger partial charge in [-0.15, -0.1) is 0 Å². The first-order valence-corrected chi connectivity index (χ1v) is 6.80. The molecule has 100 valence electrons. The number of rotatable bonds is 1. The van der Waals surface area contributed by atoms with Gasteiger partial charge in [0, 0.05) is 24.8 Å². The van der Waals surface area contributed by atoms with Crippen LogP contribution >= 0.6 is 11.6 Å². The standard InChI is InChI=1S/C14H12ClN5/c1-8-17-6-11(15)14(19-8)10-5-18-20-12(10)3-2-9-4-16-7-13(9)20/h2-3,5-6,16H,4,7H2,1H3. The van der Waals surface area contributed by atoms with Gasteiger partial charge in [-0.2, -0.15) is 5.10 Å². The van der Waals surface area contributed by atoms with Gasteiger partial charge in [0.15, 0.2) is 0 Å². The topological polar surface area (TPSA) is 55.1 Å². The van der Waals surface area contributed by atoms with Crippen molar-refractivity contribution in [1.29, 1.82) is 0 Å². The molecule has 0 saturated heterocycles. The van der Waals surface area contributed by atoms with Crippen LogP contribution in [0.4, 0.5) is 0 Å². The van der Waals surface area contributed by atoms with Crippen LogP contribution in [0.15, 0.2) is 24.5 Å². The number of pyridine rings is 1. The Morgan fingerprint density at radius 2 is 2.15 bits per heavy atom. The van der Waals surface area contributed by atoms with E-state index in [0.29, 0.717) is 10.8 Å². The van der Waals surface area contributed by atoms with Crippen LogP contribution in [0.5, 0.6) is 0 Å². The minimum Gasteiger partial charge on any atom is -0.307 e. The van der Waals surface area contributed by atoms with E-state index in [-0.39, 0.29) is 0 Å². The fourth-order valence-electron chi connectivity index (χ4n) is 2.64. The van der Waals surface area contributed by atoms with Crippen molar-refractivity contribution in [2.75, 3.05) is 0 Å². The fourth-order valence-corrected chi connectivity index (χ4v) is 2.83. The summed E-state index contributed by atoms with van der Waals surface area (Å²) < 4.78 is 1.97. The molecule has 3 aromatic rings. The van der Waals surface area contributed by atoms with Crippen LogP contribution in [-0.4, -0.2) is 19.6 Å². The molecule has 1 aliphatic heterocycles. The molecule has 4 rings (SSSR count). The molecule has 5 nitrogen and oxygen atoms in total. The summed E-state index contributed by atoms with van der Waals surface area (Å²) in [6.07, 6.45) is 3.46. The summed E-state index contributed by atoms with van der Waals surface area (Å²) in [5.41, 5.74) is 5.19. The van der Waals surface area contributed by atoms with Crippen molar-refractivity contribution in [3.63, 3.8) is 0 Å². The van der Waals surface area contributed by atoms with Crippen molar-refractivity contribution < 1.29 is 0 Å². The Labute approximate surface area is 120 Å². The lowest BCUT2D eigenvalue weighted by atomic mass is 10.1. The predicted octanol–water partition coefficient (Wildman–Crippen LogP) is 2.36. The molecule has 0 saturated carbocycles. The van der Waals surface area contributed by atoms with Crippen LogP contribution in [0.1, 0.15) is 17.1 Å². The van der Waals surface area contributed by atoms with Crippen LogP contribution in [-0.2, 0) is 13.1 Å². The third kappa shape index (κ3) is 1.63. The molecule has 6 heteroatoms. The first-order valence-electron chi connectivity index (χ1n) is 6.43. The van der Waals surface area contributed by atoms with Gasteiger partial charge in [-0.1, -0.05) is 17.7 Å². The minimum atomic E-state index is 0.545. The predicted molar refractivity (Wildman–Crippen MR) is 76.5 cm³/mol. The van der Waals surface area contributed by atoms with Gasteiger partial charge in [0.25, 0.3) is 0 Å². The summed E-state index contributed by atoms with van der Waals surface area (Å²) in [7, 11) is 0. The molecule has 20 heavy (non-hydrogen) atoms. The van der Waals surface area contributed by atoms with Gasteiger partial charge in [-0.3, -0.25) is 0 Å². The highest BCUT2D eigenvalue weighted by Crippen LogP contribution is 2.30. The average molecular weight is 286 g/mol. The summed E-state index contributed by atoms with van der Waals surface area (Å²) in [4.78, 5) is 8.55. The number of halogens is 1. The second-order valence-electron chi connectivity index (χ2n) is 4.88. The maximum absolute atomic E-state index is 6.23. The Morgan fingerprint density at radius 3 is 3.05 bits per heavy atom. The lowest BCUT2D eigenvalue weighted by molar-refractivity contribution is 0.741. The average Bonchev–Trinajstić information content (AvgIpc) is 3.06. The van der Waals surface area contributed by atoms with E-state index >= 15 is 0 Å². The van der Waals surface area contributed by atoms with Crippen LogP contribution < -0.4 is 5.32 Å². The lowest BCUT2D eigenvalue weighted by Crippen LogP contribution is -2.02. The molecule has 0 amide bonds. The van der Waals surface area contributed by atoms with Gasteiger partial charge < -0.3 is 5.32 Å².